The van der Waals surface area contributed by atoms with Crippen molar-refractivity contribution in [2.24, 2.45) is 0 Å². The smallest absolute Gasteiger partial charge is 0.321 e. The number of nitrogens with one attached hydrogen (secondary N) is 1. The van der Waals surface area contributed by atoms with Gasteiger partial charge in [-0.25, -0.2) is 4.79 Å². The average molecular weight is 396 g/mol. The van der Waals surface area contributed by atoms with Gasteiger partial charge in [-0.05, 0) is 30.2 Å². The summed E-state index contributed by atoms with van der Waals surface area (Å²) in [5, 5.41) is 11.9. The maximum absolute atomic E-state index is 12.7. The second kappa shape index (κ2) is 9.09. The molecule has 2 fully saturated rings. The van der Waals surface area contributed by atoms with E-state index in [0.29, 0.717) is 13.1 Å². The Balaban J connectivity index is 1.31. The number of hydrogen-bond donors (Lipinski definition) is 1. The Morgan fingerprint density at radius 2 is 1.55 bits per heavy atom. The van der Waals surface area contributed by atoms with E-state index in [-0.39, 0.29) is 6.03 Å². The molecule has 2 saturated heterocycles. The molecule has 0 atom stereocenters. The molecule has 0 unspecified atom stereocenters. The van der Waals surface area contributed by atoms with E-state index in [1.54, 1.807) is 0 Å². The van der Waals surface area contributed by atoms with Gasteiger partial charge >= 0.3 is 6.03 Å². The van der Waals surface area contributed by atoms with Crippen LogP contribution in [0.25, 0.3) is 0 Å². The molecule has 154 valence electrons. The number of carbonyl (C=O) groups is 1. The molecule has 1 N–H and O–H groups in total. The molecule has 2 amide bonds. The van der Waals surface area contributed by atoms with Crippen molar-refractivity contribution < 1.29 is 9.53 Å². The number of hydrogen-bond acceptors (Lipinski definition) is 6. The summed E-state index contributed by atoms with van der Waals surface area (Å²) < 4.78 is 5.38. The summed E-state index contributed by atoms with van der Waals surface area (Å²) in [7, 11) is 0. The fourth-order valence-electron chi connectivity index (χ4n) is 3.73. The number of nitrogens with zero attached hydrogens (tertiary/aromatic N) is 5. The molecule has 8 heteroatoms. The van der Waals surface area contributed by atoms with E-state index in [1.807, 2.05) is 41.3 Å². The Labute approximate surface area is 171 Å². The van der Waals surface area contributed by atoms with Gasteiger partial charge in [0.05, 0.1) is 13.2 Å². The van der Waals surface area contributed by atoms with Gasteiger partial charge < -0.3 is 24.8 Å². The third-order valence-electron chi connectivity index (χ3n) is 5.50. The predicted octanol–water partition coefficient (Wildman–Crippen LogP) is 2.23. The lowest BCUT2D eigenvalue weighted by molar-refractivity contribution is 0.122. The average Bonchev–Trinajstić information content (AvgIpc) is 2.80. The first-order chi connectivity index (χ1) is 14.2. The van der Waals surface area contributed by atoms with Gasteiger partial charge in [0.2, 0.25) is 0 Å². The van der Waals surface area contributed by atoms with Crippen LogP contribution in [0.1, 0.15) is 12.5 Å². The quantitative estimate of drug-likeness (QED) is 0.854. The van der Waals surface area contributed by atoms with Gasteiger partial charge in [0.1, 0.15) is 0 Å². The Morgan fingerprint density at radius 3 is 2.17 bits per heavy atom. The molecule has 2 aliphatic heterocycles. The van der Waals surface area contributed by atoms with Crippen molar-refractivity contribution >= 4 is 23.4 Å². The molecule has 0 aliphatic carbocycles. The van der Waals surface area contributed by atoms with Crippen LogP contribution in [0.2, 0.25) is 0 Å². The molecule has 3 heterocycles. The van der Waals surface area contributed by atoms with Crippen LogP contribution in [0.5, 0.6) is 0 Å². The highest BCUT2D eigenvalue weighted by molar-refractivity contribution is 5.90. The lowest BCUT2D eigenvalue weighted by Crippen LogP contribution is -2.50. The van der Waals surface area contributed by atoms with Gasteiger partial charge in [0.25, 0.3) is 0 Å². The zero-order chi connectivity index (χ0) is 20.1. The van der Waals surface area contributed by atoms with Crippen molar-refractivity contribution in [2.75, 3.05) is 67.6 Å². The number of para-hydroxylation sites is 1. The number of carbonyl (C=O) groups excluding carboxylic acids is 1. The number of urea groups is 1. The molecule has 2 aliphatic rings. The minimum Gasteiger partial charge on any atom is -0.378 e. The molecular formula is C21H28N6O2. The van der Waals surface area contributed by atoms with Crippen molar-refractivity contribution in [3.63, 3.8) is 0 Å². The highest BCUT2D eigenvalue weighted by Crippen LogP contribution is 2.19. The SMILES string of the molecule is CCc1ccccc1NC(=O)N1CCN(c2ccc(N3CCOCC3)nn2)CC1. The second-order valence-corrected chi connectivity index (χ2v) is 7.26. The van der Waals surface area contributed by atoms with Crippen LogP contribution in [0.3, 0.4) is 0 Å². The first-order valence-electron chi connectivity index (χ1n) is 10.3. The van der Waals surface area contributed by atoms with Crippen LogP contribution in [0.15, 0.2) is 36.4 Å². The van der Waals surface area contributed by atoms with Crippen molar-refractivity contribution in [3.8, 4) is 0 Å². The minimum atomic E-state index is -0.0423. The number of aromatic nitrogens is 2. The molecule has 8 nitrogen and oxygen atoms in total. The highest BCUT2D eigenvalue weighted by Gasteiger charge is 2.23. The second-order valence-electron chi connectivity index (χ2n) is 7.26. The number of piperazine rings is 1. The summed E-state index contributed by atoms with van der Waals surface area (Å²) in [6.07, 6.45) is 0.892. The monoisotopic (exact) mass is 396 g/mol. The fourth-order valence-corrected chi connectivity index (χ4v) is 3.73. The summed E-state index contributed by atoms with van der Waals surface area (Å²) in [5.41, 5.74) is 2.04. The van der Waals surface area contributed by atoms with Gasteiger partial charge in [0.15, 0.2) is 11.6 Å². The van der Waals surface area contributed by atoms with Crippen LogP contribution < -0.4 is 15.1 Å². The number of amides is 2. The van der Waals surface area contributed by atoms with E-state index in [4.69, 9.17) is 4.74 Å². The lowest BCUT2D eigenvalue weighted by Gasteiger charge is -2.35. The normalized spacial score (nSPS) is 17.3. The third-order valence-corrected chi connectivity index (χ3v) is 5.50. The number of rotatable bonds is 4. The predicted molar refractivity (Wildman–Crippen MR) is 114 cm³/mol. The lowest BCUT2D eigenvalue weighted by atomic mass is 10.1. The van der Waals surface area contributed by atoms with Crippen molar-refractivity contribution in [1.82, 2.24) is 15.1 Å². The Hall–Kier alpha value is -2.87. The van der Waals surface area contributed by atoms with Gasteiger partial charge in [-0.3, -0.25) is 0 Å². The van der Waals surface area contributed by atoms with Crippen molar-refractivity contribution in [2.45, 2.75) is 13.3 Å². The van der Waals surface area contributed by atoms with Crippen LogP contribution in [0.4, 0.5) is 22.1 Å². The van der Waals surface area contributed by atoms with E-state index in [1.165, 1.54) is 0 Å². The zero-order valence-corrected chi connectivity index (χ0v) is 16.9. The topological polar surface area (TPSA) is 73.8 Å². The number of ether oxygens (including phenoxy) is 1. The van der Waals surface area contributed by atoms with E-state index >= 15 is 0 Å². The first-order valence-corrected chi connectivity index (χ1v) is 10.3. The number of aryl methyl sites for hydroxylation is 1. The summed E-state index contributed by atoms with van der Waals surface area (Å²) >= 11 is 0. The summed E-state index contributed by atoms with van der Waals surface area (Å²) in [6, 6.07) is 12.0. The molecule has 2 aromatic rings. The van der Waals surface area contributed by atoms with Gasteiger partial charge in [-0.1, -0.05) is 25.1 Å². The molecular weight excluding hydrogens is 368 g/mol. The Kier molecular flexibility index (Phi) is 6.09. The largest absolute Gasteiger partial charge is 0.378 e. The van der Waals surface area contributed by atoms with Crippen molar-refractivity contribution in [3.05, 3.63) is 42.0 Å². The summed E-state index contributed by atoms with van der Waals surface area (Å²) in [4.78, 5) is 18.9. The van der Waals surface area contributed by atoms with E-state index in [9.17, 15) is 4.79 Å². The van der Waals surface area contributed by atoms with Gasteiger partial charge in [-0.15, -0.1) is 10.2 Å². The van der Waals surface area contributed by atoms with Crippen molar-refractivity contribution in [1.29, 1.82) is 0 Å². The zero-order valence-electron chi connectivity index (χ0n) is 16.9. The highest BCUT2D eigenvalue weighted by atomic mass is 16.5. The number of morpholine rings is 1. The molecule has 0 radical (unpaired) electrons. The molecule has 1 aromatic heterocycles. The summed E-state index contributed by atoms with van der Waals surface area (Å²) in [6.45, 7) is 8.07. The first kappa shape index (κ1) is 19.4. The van der Waals surface area contributed by atoms with E-state index in [0.717, 1.165) is 68.7 Å². The van der Waals surface area contributed by atoms with Crippen LogP contribution in [-0.2, 0) is 11.2 Å². The molecule has 4 rings (SSSR count). The van der Waals surface area contributed by atoms with Crippen LogP contribution in [0, 0.1) is 0 Å². The third kappa shape index (κ3) is 4.59. The maximum Gasteiger partial charge on any atom is 0.321 e. The molecule has 0 bridgehead atoms. The Bertz CT molecular complexity index is 814. The maximum atomic E-state index is 12.7. The Morgan fingerprint density at radius 1 is 0.931 bits per heavy atom. The van der Waals surface area contributed by atoms with Gasteiger partial charge in [-0.2, -0.15) is 0 Å². The molecule has 1 aromatic carbocycles. The van der Waals surface area contributed by atoms with E-state index < -0.39 is 0 Å². The molecule has 0 saturated carbocycles. The summed E-state index contributed by atoms with van der Waals surface area (Å²) in [5.74, 6) is 1.75. The fraction of sp³-hybridized carbons (Fsp3) is 0.476. The molecule has 29 heavy (non-hydrogen) atoms. The van der Waals surface area contributed by atoms with E-state index in [2.05, 4.69) is 32.2 Å². The standard InChI is InChI=1S/C21H28N6O2/c1-2-17-5-3-4-6-18(17)22-21(28)27-11-9-25(10-12-27)19-7-8-20(24-23-19)26-13-15-29-16-14-26/h3-8H,2,9-16H2,1H3,(H,22,28). The molecule has 0 spiro atoms. The number of benzene rings is 1. The minimum absolute atomic E-state index is 0.0423. The van der Waals surface area contributed by atoms with Crippen LogP contribution >= 0.6 is 0 Å². The van der Waals surface area contributed by atoms with Crippen LogP contribution in [-0.4, -0.2) is 73.6 Å². The number of anilines is 3. The van der Waals surface area contributed by atoms with Gasteiger partial charge in [0, 0.05) is 45.0 Å².